The number of thiophene rings is 1. The Kier molecular flexibility index (Phi) is 10.2. The maximum absolute atomic E-state index is 4.73. The number of nitrogens with one attached hydrogen (secondary N) is 2. The van der Waals surface area contributed by atoms with Crippen LogP contribution in [0.4, 0.5) is 0 Å². The van der Waals surface area contributed by atoms with E-state index >= 15 is 0 Å². The van der Waals surface area contributed by atoms with E-state index in [1.165, 1.54) is 37.2 Å². The summed E-state index contributed by atoms with van der Waals surface area (Å²) in [5.74, 6) is 2.64. The maximum atomic E-state index is 4.73. The molecular weight excluding hydrogens is 485 g/mol. The molecule has 3 rings (SSSR count). The predicted octanol–water partition coefficient (Wildman–Crippen LogP) is 2.57. The first-order chi connectivity index (χ1) is 13.2. The van der Waals surface area contributed by atoms with Gasteiger partial charge in [0, 0.05) is 31.6 Å². The Bertz CT molecular complexity index is 708. The van der Waals surface area contributed by atoms with Crippen molar-refractivity contribution in [2.24, 2.45) is 12.0 Å². The molecular formula is C19H32IN7S. The van der Waals surface area contributed by atoms with Crippen molar-refractivity contribution in [1.29, 1.82) is 0 Å². The van der Waals surface area contributed by atoms with Crippen LogP contribution in [0.1, 0.15) is 35.8 Å². The fourth-order valence-electron chi connectivity index (χ4n) is 3.19. The highest BCUT2D eigenvalue weighted by molar-refractivity contribution is 14.0. The summed E-state index contributed by atoms with van der Waals surface area (Å²) in [6.07, 6.45) is 5.03. The molecule has 1 aliphatic heterocycles. The second-order valence-electron chi connectivity index (χ2n) is 6.97. The lowest BCUT2D eigenvalue weighted by Gasteiger charge is -2.26. The standard InChI is InChI=1S/C19H31N7S.HI/c1-16-23-24-18(25(16)2)15-22-19(20-9-8-17-7-6-14-27-17)21-10-13-26-11-4-3-5-12-26;/h6-7,14H,3-5,8-13,15H2,1-2H3,(H2,20,21,22);1H. The Morgan fingerprint density at radius 1 is 1.18 bits per heavy atom. The molecule has 1 fully saturated rings. The van der Waals surface area contributed by atoms with Crippen LogP contribution in [0.5, 0.6) is 0 Å². The molecule has 0 atom stereocenters. The second kappa shape index (κ2) is 12.4. The minimum atomic E-state index is 0. The van der Waals surface area contributed by atoms with E-state index in [-0.39, 0.29) is 24.0 Å². The van der Waals surface area contributed by atoms with Crippen LogP contribution in [0.2, 0.25) is 0 Å². The van der Waals surface area contributed by atoms with E-state index in [4.69, 9.17) is 4.99 Å². The normalized spacial score (nSPS) is 15.3. The third-order valence-electron chi connectivity index (χ3n) is 4.97. The number of aryl methyl sites for hydroxylation is 1. The van der Waals surface area contributed by atoms with Crippen LogP contribution in [-0.2, 0) is 20.0 Å². The zero-order chi connectivity index (χ0) is 18.9. The van der Waals surface area contributed by atoms with Crippen molar-refractivity contribution in [1.82, 2.24) is 30.3 Å². The Labute approximate surface area is 189 Å². The number of likely N-dealkylation sites (tertiary alicyclic amines) is 1. The summed E-state index contributed by atoms with van der Waals surface area (Å²) < 4.78 is 1.99. The summed E-state index contributed by atoms with van der Waals surface area (Å²) in [6.45, 7) is 7.76. The highest BCUT2D eigenvalue weighted by atomic mass is 127. The molecule has 0 unspecified atom stereocenters. The van der Waals surface area contributed by atoms with Gasteiger partial charge in [0.15, 0.2) is 11.8 Å². The molecule has 2 N–H and O–H groups in total. The number of piperidine rings is 1. The molecule has 0 aliphatic carbocycles. The van der Waals surface area contributed by atoms with Crippen molar-refractivity contribution < 1.29 is 0 Å². The summed E-state index contributed by atoms with van der Waals surface area (Å²) in [4.78, 5) is 8.65. The van der Waals surface area contributed by atoms with Crippen molar-refractivity contribution in [3.05, 3.63) is 34.0 Å². The van der Waals surface area contributed by atoms with Crippen LogP contribution in [0.25, 0.3) is 0 Å². The molecule has 0 radical (unpaired) electrons. The predicted molar refractivity (Wildman–Crippen MR) is 127 cm³/mol. The average molecular weight is 517 g/mol. The van der Waals surface area contributed by atoms with Gasteiger partial charge in [-0.05, 0) is 50.7 Å². The van der Waals surface area contributed by atoms with Crippen LogP contribution in [0.3, 0.4) is 0 Å². The van der Waals surface area contributed by atoms with Crippen LogP contribution in [-0.4, -0.2) is 58.3 Å². The number of aliphatic imine (C=N–C) groups is 1. The minimum Gasteiger partial charge on any atom is -0.356 e. The Morgan fingerprint density at radius 2 is 1.96 bits per heavy atom. The lowest BCUT2D eigenvalue weighted by Crippen LogP contribution is -2.43. The number of rotatable bonds is 8. The smallest absolute Gasteiger partial charge is 0.191 e. The zero-order valence-corrected chi connectivity index (χ0v) is 20.0. The molecule has 7 nitrogen and oxygen atoms in total. The fraction of sp³-hybridized carbons (Fsp3) is 0.632. The zero-order valence-electron chi connectivity index (χ0n) is 16.9. The molecule has 0 spiro atoms. The highest BCUT2D eigenvalue weighted by Crippen LogP contribution is 2.08. The van der Waals surface area contributed by atoms with Crippen molar-refractivity contribution in [2.45, 2.75) is 39.2 Å². The highest BCUT2D eigenvalue weighted by Gasteiger charge is 2.10. The fourth-order valence-corrected chi connectivity index (χ4v) is 3.90. The van der Waals surface area contributed by atoms with Crippen LogP contribution >= 0.6 is 35.3 Å². The molecule has 0 saturated carbocycles. The topological polar surface area (TPSA) is 70.4 Å². The molecule has 3 heterocycles. The summed E-state index contributed by atoms with van der Waals surface area (Å²) in [7, 11) is 1.98. The van der Waals surface area contributed by atoms with E-state index in [0.29, 0.717) is 6.54 Å². The van der Waals surface area contributed by atoms with Gasteiger partial charge in [-0.15, -0.1) is 45.5 Å². The molecule has 156 valence electrons. The third kappa shape index (κ3) is 7.32. The monoisotopic (exact) mass is 517 g/mol. The first-order valence-corrected chi connectivity index (χ1v) is 10.7. The van der Waals surface area contributed by atoms with E-state index in [1.807, 2.05) is 18.5 Å². The van der Waals surface area contributed by atoms with Gasteiger partial charge in [-0.3, -0.25) is 0 Å². The largest absolute Gasteiger partial charge is 0.356 e. The van der Waals surface area contributed by atoms with Crippen LogP contribution in [0, 0.1) is 6.92 Å². The minimum absolute atomic E-state index is 0. The lowest BCUT2D eigenvalue weighted by molar-refractivity contribution is 0.232. The first-order valence-electron chi connectivity index (χ1n) is 9.84. The maximum Gasteiger partial charge on any atom is 0.191 e. The molecule has 1 aliphatic rings. The first kappa shape index (κ1) is 23.1. The van der Waals surface area contributed by atoms with Gasteiger partial charge in [-0.25, -0.2) is 4.99 Å². The van der Waals surface area contributed by atoms with Gasteiger partial charge in [-0.2, -0.15) is 0 Å². The number of hydrogen-bond acceptors (Lipinski definition) is 5. The van der Waals surface area contributed by atoms with E-state index < -0.39 is 0 Å². The van der Waals surface area contributed by atoms with Gasteiger partial charge in [0.1, 0.15) is 12.4 Å². The molecule has 0 aromatic carbocycles. The quantitative estimate of drug-likeness (QED) is 0.320. The summed E-state index contributed by atoms with van der Waals surface area (Å²) in [5.41, 5.74) is 0. The molecule has 2 aromatic heterocycles. The van der Waals surface area contributed by atoms with Gasteiger partial charge in [0.05, 0.1) is 0 Å². The second-order valence-corrected chi connectivity index (χ2v) is 8.00. The summed E-state index contributed by atoms with van der Waals surface area (Å²) >= 11 is 1.80. The Morgan fingerprint density at radius 3 is 2.64 bits per heavy atom. The SMILES string of the molecule is Cc1nnc(CN=C(NCCc2cccs2)NCCN2CCCCC2)n1C.I. The van der Waals surface area contributed by atoms with Crippen molar-refractivity contribution in [3.63, 3.8) is 0 Å². The third-order valence-corrected chi connectivity index (χ3v) is 5.91. The van der Waals surface area contributed by atoms with Gasteiger partial charge in [0.2, 0.25) is 0 Å². The van der Waals surface area contributed by atoms with Crippen LogP contribution < -0.4 is 10.6 Å². The molecule has 0 bridgehead atoms. The van der Waals surface area contributed by atoms with Gasteiger partial charge in [-0.1, -0.05) is 12.5 Å². The van der Waals surface area contributed by atoms with E-state index in [9.17, 15) is 0 Å². The molecule has 1 saturated heterocycles. The van der Waals surface area contributed by atoms with Crippen LogP contribution in [0.15, 0.2) is 22.5 Å². The number of guanidine groups is 1. The molecule has 28 heavy (non-hydrogen) atoms. The molecule has 2 aromatic rings. The number of halogens is 1. The molecule has 0 amide bonds. The van der Waals surface area contributed by atoms with Gasteiger partial charge < -0.3 is 20.1 Å². The number of aromatic nitrogens is 3. The van der Waals surface area contributed by atoms with E-state index in [1.54, 1.807) is 11.3 Å². The Balaban J connectivity index is 0.00000280. The number of hydrogen-bond donors (Lipinski definition) is 2. The number of nitrogens with zero attached hydrogens (tertiary/aromatic N) is 5. The molecule has 9 heteroatoms. The van der Waals surface area contributed by atoms with Gasteiger partial charge in [0.25, 0.3) is 0 Å². The van der Waals surface area contributed by atoms with Crippen molar-refractivity contribution >= 4 is 41.3 Å². The summed E-state index contributed by atoms with van der Waals surface area (Å²) in [6, 6.07) is 4.28. The van der Waals surface area contributed by atoms with Crippen molar-refractivity contribution in [2.75, 3.05) is 32.7 Å². The summed E-state index contributed by atoms with van der Waals surface area (Å²) in [5, 5.41) is 17.4. The van der Waals surface area contributed by atoms with Crippen molar-refractivity contribution in [3.8, 4) is 0 Å². The van der Waals surface area contributed by atoms with E-state index in [2.05, 4.69) is 43.2 Å². The Hall–Kier alpha value is -1.20. The van der Waals surface area contributed by atoms with Gasteiger partial charge >= 0.3 is 0 Å². The average Bonchev–Trinajstić information content (AvgIpc) is 3.31. The van der Waals surface area contributed by atoms with E-state index in [0.717, 1.165) is 43.7 Å². The lowest BCUT2D eigenvalue weighted by atomic mass is 10.1.